The quantitative estimate of drug-likeness (QED) is 0.159. The summed E-state index contributed by atoms with van der Waals surface area (Å²) >= 11 is 3.65. The van der Waals surface area contributed by atoms with E-state index < -0.39 is 35.2 Å². The van der Waals surface area contributed by atoms with Gasteiger partial charge in [0.05, 0.1) is 6.42 Å². The molecule has 1 aromatic heterocycles. The van der Waals surface area contributed by atoms with Crippen LogP contribution in [0.5, 0.6) is 0 Å². The zero-order chi connectivity index (χ0) is 22.7. The topological polar surface area (TPSA) is 185 Å². The van der Waals surface area contributed by atoms with Gasteiger partial charge in [-0.1, -0.05) is 5.16 Å². The minimum atomic E-state index is -1.21. The highest BCUT2D eigenvalue weighted by molar-refractivity contribution is 8.05. The number of hydrogen-bond acceptors (Lipinski definition) is 11. The Hall–Kier alpha value is -2.78. The predicted octanol–water partition coefficient (Wildman–Crippen LogP) is -0.0202. The van der Waals surface area contributed by atoms with Crippen LogP contribution in [-0.2, 0) is 24.0 Å². The van der Waals surface area contributed by atoms with Crippen molar-refractivity contribution in [3.63, 3.8) is 0 Å². The van der Waals surface area contributed by atoms with Crippen molar-refractivity contribution in [3.8, 4) is 0 Å². The second-order valence-corrected chi connectivity index (χ2v) is 9.03. The van der Waals surface area contributed by atoms with Crippen molar-refractivity contribution >= 4 is 69.5 Å². The first-order valence-corrected chi connectivity index (χ1v) is 11.8. The van der Waals surface area contributed by atoms with Crippen LogP contribution < -0.4 is 11.1 Å². The highest BCUT2D eigenvalue weighted by Crippen LogP contribution is 2.42. The number of carbonyl (C=O) groups is 4. The van der Waals surface area contributed by atoms with Gasteiger partial charge in [-0.15, -0.1) is 34.9 Å². The number of oxime groups is 1. The predicted molar refractivity (Wildman–Crippen MR) is 114 cm³/mol. The van der Waals surface area contributed by atoms with Gasteiger partial charge < -0.3 is 26.1 Å². The lowest BCUT2D eigenvalue weighted by Crippen LogP contribution is -2.71. The summed E-state index contributed by atoms with van der Waals surface area (Å²) in [6.07, 6.45) is 1.41. The normalized spacial score (nSPS) is 20.7. The average molecular weight is 488 g/mol. The van der Waals surface area contributed by atoms with Gasteiger partial charge in [0.1, 0.15) is 29.4 Å². The molecule has 0 radical (unpaired) electrons. The van der Waals surface area contributed by atoms with Crippen LogP contribution >= 0.6 is 34.9 Å². The number of hydrogen-bond donors (Lipinski definition) is 4. The Bertz CT molecular complexity index is 992. The standard InChI is InChI=1S/C16H17N5O7S3/c1-29-7-5-30-14-10(13(25)21(14)11(7)15(26)27)19-12(24)9(6-4-31-16(17)18-6)20-28-3-2-8(22)23/h4,10,14H,2-3,5H2,1H3,(H2,17,18)(H,19,24)(H,22,23)(H,26,27)/t10?,14-/m0/s1. The molecule has 0 aromatic carbocycles. The smallest absolute Gasteiger partial charge is 0.353 e. The van der Waals surface area contributed by atoms with Crippen LogP contribution in [-0.4, -0.2) is 79.6 Å². The van der Waals surface area contributed by atoms with Gasteiger partial charge in [-0.05, 0) is 6.26 Å². The number of carbonyl (C=O) groups excluding carboxylic acids is 2. The molecule has 0 aliphatic carbocycles. The molecule has 0 spiro atoms. The van der Waals surface area contributed by atoms with Gasteiger partial charge in [0, 0.05) is 16.0 Å². The molecule has 0 bridgehead atoms. The van der Waals surface area contributed by atoms with E-state index in [-0.39, 0.29) is 35.3 Å². The van der Waals surface area contributed by atoms with E-state index >= 15 is 0 Å². The number of nitrogens with two attached hydrogens (primary N) is 1. The Labute approximate surface area is 187 Å². The number of nitrogens with zero attached hydrogens (tertiary/aromatic N) is 3. The number of thioether (sulfide) groups is 2. The molecule has 0 saturated carbocycles. The lowest BCUT2D eigenvalue weighted by atomic mass is 10.0. The third-order valence-electron chi connectivity index (χ3n) is 4.21. The van der Waals surface area contributed by atoms with Crippen molar-refractivity contribution in [2.75, 3.05) is 24.3 Å². The second kappa shape index (κ2) is 9.57. The lowest BCUT2D eigenvalue weighted by molar-refractivity contribution is -0.150. The Kier molecular flexibility index (Phi) is 7.07. The van der Waals surface area contributed by atoms with Crippen LogP contribution in [0.1, 0.15) is 12.1 Å². The molecular formula is C16H17N5O7S3. The molecular weight excluding hydrogens is 470 g/mol. The van der Waals surface area contributed by atoms with Crippen LogP contribution in [0.25, 0.3) is 0 Å². The maximum absolute atomic E-state index is 12.8. The number of amides is 2. The monoisotopic (exact) mass is 487 g/mol. The first kappa shape index (κ1) is 22.9. The SMILES string of the molecule is CSC1=C(C(=O)O)N2C(=O)C(NC(=O)C(=NOCCC(=O)O)c3csc(N)n3)[C@@H]2SC1. The van der Waals surface area contributed by atoms with Gasteiger partial charge in [0.25, 0.3) is 11.8 Å². The van der Waals surface area contributed by atoms with E-state index in [9.17, 15) is 24.3 Å². The Morgan fingerprint density at radius 2 is 2.19 bits per heavy atom. The van der Waals surface area contributed by atoms with Gasteiger partial charge in [-0.25, -0.2) is 9.78 Å². The molecule has 5 N–H and O–H groups in total. The lowest BCUT2D eigenvalue weighted by Gasteiger charge is -2.49. The zero-order valence-corrected chi connectivity index (χ0v) is 18.4. The molecule has 1 saturated heterocycles. The number of nitrogens with one attached hydrogen (secondary N) is 1. The summed E-state index contributed by atoms with van der Waals surface area (Å²) < 4.78 is 0. The summed E-state index contributed by atoms with van der Waals surface area (Å²) in [4.78, 5) is 58.3. The summed E-state index contributed by atoms with van der Waals surface area (Å²) in [7, 11) is 0. The Morgan fingerprint density at radius 1 is 1.45 bits per heavy atom. The van der Waals surface area contributed by atoms with Crippen molar-refractivity contribution in [1.29, 1.82) is 0 Å². The molecule has 1 unspecified atom stereocenters. The summed E-state index contributed by atoms with van der Waals surface area (Å²) in [6, 6.07) is -0.963. The molecule has 1 aromatic rings. The van der Waals surface area contributed by atoms with E-state index in [1.807, 2.05) is 0 Å². The molecule has 166 valence electrons. The van der Waals surface area contributed by atoms with Gasteiger partial charge in [0.15, 0.2) is 10.8 Å². The number of fused-ring (bicyclic) bond motifs is 1. The van der Waals surface area contributed by atoms with Crippen molar-refractivity contribution in [2.24, 2.45) is 5.16 Å². The van der Waals surface area contributed by atoms with Gasteiger partial charge >= 0.3 is 11.9 Å². The van der Waals surface area contributed by atoms with Crippen molar-refractivity contribution < 1.29 is 34.2 Å². The molecule has 2 atom stereocenters. The number of anilines is 1. The minimum absolute atomic E-state index is 0.0788. The van der Waals surface area contributed by atoms with E-state index in [4.69, 9.17) is 15.7 Å². The highest BCUT2D eigenvalue weighted by atomic mass is 32.2. The number of carboxylic acid groups (broad SMARTS) is 2. The summed E-state index contributed by atoms with van der Waals surface area (Å²) in [5.41, 5.74) is 5.35. The van der Waals surface area contributed by atoms with E-state index in [1.54, 1.807) is 6.26 Å². The molecule has 2 aliphatic rings. The van der Waals surface area contributed by atoms with E-state index in [2.05, 4.69) is 15.5 Å². The third-order valence-corrected chi connectivity index (χ3v) is 7.18. The molecule has 12 nitrogen and oxygen atoms in total. The van der Waals surface area contributed by atoms with Crippen LogP contribution in [0.4, 0.5) is 5.13 Å². The fraction of sp³-hybridized carbons (Fsp3) is 0.375. The molecule has 2 amide bonds. The molecule has 3 rings (SSSR count). The molecule has 15 heteroatoms. The van der Waals surface area contributed by atoms with Crippen molar-refractivity contribution in [1.82, 2.24) is 15.2 Å². The van der Waals surface area contributed by atoms with Gasteiger partial charge in [-0.2, -0.15) is 0 Å². The van der Waals surface area contributed by atoms with E-state index in [0.29, 0.717) is 10.7 Å². The second-order valence-electron chi connectivity index (χ2n) is 6.13. The Balaban J connectivity index is 1.76. The Morgan fingerprint density at radius 3 is 2.77 bits per heavy atom. The van der Waals surface area contributed by atoms with Crippen LogP contribution in [0.3, 0.4) is 0 Å². The molecule has 3 heterocycles. The van der Waals surface area contributed by atoms with Gasteiger partial charge in [-0.3, -0.25) is 19.3 Å². The fourth-order valence-corrected chi connectivity index (χ4v) is 5.60. The minimum Gasteiger partial charge on any atom is -0.481 e. The van der Waals surface area contributed by atoms with Crippen molar-refractivity contribution in [2.45, 2.75) is 17.8 Å². The largest absolute Gasteiger partial charge is 0.481 e. The average Bonchev–Trinajstić information content (AvgIpc) is 3.15. The third kappa shape index (κ3) is 4.77. The highest BCUT2D eigenvalue weighted by Gasteiger charge is 2.54. The number of aliphatic carboxylic acids is 2. The molecule has 2 aliphatic heterocycles. The summed E-state index contributed by atoms with van der Waals surface area (Å²) in [5.74, 6) is -3.25. The van der Waals surface area contributed by atoms with Crippen LogP contribution in [0.2, 0.25) is 0 Å². The maximum Gasteiger partial charge on any atom is 0.353 e. The summed E-state index contributed by atoms with van der Waals surface area (Å²) in [6.45, 7) is -0.273. The number of thiazole rings is 1. The molecule has 1 fully saturated rings. The summed E-state index contributed by atoms with van der Waals surface area (Å²) in [5, 5.41) is 25.5. The van der Waals surface area contributed by atoms with Gasteiger partial charge in [0.2, 0.25) is 0 Å². The zero-order valence-electron chi connectivity index (χ0n) is 15.9. The number of rotatable bonds is 9. The van der Waals surface area contributed by atoms with Crippen molar-refractivity contribution in [3.05, 3.63) is 21.7 Å². The number of aromatic nitrogens is 1. The fourth-order valence-electron chi connectivity index (χ4n) is 2.80. The number of carboxylic acids is 2. The maximum atomic E-state index is 12.8. The van der Waals surface area contributed by atoms with E-state index in [1.165, 1.54) is 28.9 Å². The number of β-lactam (4-membered cyclic amide) rings is 1. The first-order chi connectivity index (χ1) is 14.7. The van der Waals surface area contributed by atoms with Crippen LogP contribution in [0.15, 0.2) is 21.1 Å². The first-order valence-electron chi connectivity index (χ1n) is 8.63. The van der Waals surface area contributed by atoms with Crippen LogP contribution in [0, 0.1) is 0 Å². The molecule has 31 heavy (non-hydrogen) atoms. The van der Waals surface area contributed by atoms with E-state index in [0.717, 1.165) is 16.2 Å². The number of nitrogen functional groups attached to an aromatic ring is 1.